The van der Waals surface area contributed by atoms with Gasteiger partial charge in [-0.2, -0.15) is 14.3 Å². The number of rotatable bonds is 18. The van der Waals surface area contributed by atoms with Crippen LogP contribution in [-0.4, -0.2) is 118 Å². The van der Waals surface area contributed by atoms with Crippen molar-refractivity contribution in [3.05, 3.63) is 56.6 Å². The van der Waals surface area contributed by atoms with Gasteiger partial charge in [-0.25, -0.2) is 26.6 Å². The Morgan fingerprint density at radius 3 is 1.76 bits per heavy atom. The van der Waals surface area contributed by atoms with E-state index < -0.39 is 32.3 Å². The van der Waals surface area contributed by atoms with Crippen molar-refractivity contribution in [1.82, 2.24) is 50.2 Å². The second kappa shape index (κ2) is 22.8. The number of nitrogens with one attached hydrogen (secondary N) is 6. The number of carbonyl (C=O) groups excluding carboxylic acids is 2. The summed E-state index contributed by atoms with van der Waals surface area (Å²) in [6.07, 6.45) is 13.0. The van der Waals surface area contributed by atoms with Crippen LogP contribution in [-0.2, 0) is 91.5 Å². The third-order valence-corrected chi connectivity index (χ3v) is 16.6. The molecule has 4 aliphatic rings. The zero-order chi connectivity index (χ0) is 48.5. The molecule has 4 aliphatic carbocycles. The maximum absolute atomic E-state index is 12.7. The minimum atomic E-state index is -4.03. The maximum atomic E-state index is 12.7. The molecule has 23 heteroatoms. The summed E-state index contributed by atoms with van der Waals surface area (Å²) >= 11 is 0. The smallest absolute Gasteiger partial charge is 0.298 e. The van der Waals surface area contributed by atoms with Crippen molar-refractivity contribution in [2.45, 2.75) is 134 Å². The van der Waals surface area contributed by atoms with Crippen molar-refractivity contribution in [3.63, 3.8) is 0 Å². The number of hydrogen-bond acceptors (Lipinski definition) is 14. The Hall–Kier alpha value is -4.45. The van der Waals surface area contributed by atoms with Crippen LogP contribution in [0.4, 0.5) is 23.3 Å². The average Bonchev–Trinajstić information content (AvgIpc) is 4.11. The SMILES string of the molecule is CC(=O)NCCN(C)S(=O)(=O)c1nc(Nc2c3c(cc4c2CCC4)CCC3)n[nH]1.CNCCNC(C)=O.C[Si](C)(C)CCOCn1nc(S(=O)(=O)Cl)nc1Nc1c2c(cc3c1CCC3)CCC2. The number of aromatic nitrogens is 6. The molecule has 0 saturated heterocycles. The molecule has 8 rings (SSSR count). The van der Waals surface area contributed by atoms with Gasteiger partial charge in [-0.05, 0) is 135 Å². The monoisotopic (exact) mass is 1000 g/mol. The highest BCUT2D eigenvalue weighted by atomic mass is 35.7. The molecular weight excluding hydrogens is 936 g/mol. The number of sulfonamides is 1. The van der Waals surface area contributed by atoms with Crippen molar-refractivity contribution >= 4 is 72.9 Å². The molecule has 6 N–H and O–H groups in total. The van der Waals surface area contributed by atoms with Crippen molar-refractivity contribution in [1.29, 1.82) is 0 Å². The number of aromatic amines is 1. The van der Waals surface area contributed by atoms with Gasteiger partial charge in [-0.3, -0.25) is 9.59 Å². The molecule has 0 bridgehead atoms. The fourth-order valence-corrected chi connectivity index (χ4v) is 11.1. The first-order valence-electron chi connectivity index (χ1n) is 23.1. The number of benzene rings is 2. The Bertz CT molecular complexity index is 2570. The first-order chi connectivity index (χ1) is 31.7. The number of likely N-dealkylation sites (N-methyl/N-ethyl adjacent to an activating group) is 2. The molecule has 0 radical (unpaired) electrons. The first kappa shape index (κ1) is 51.9. The Kier molecular flexibility index (Phi) is 17.6. The van der Waals surface area contributed by atoms with Crippen LogP contribution in [0.15, 0.2) is 22.4 Å². The molecule has 19 nitrogen and oxygen atoms in total. The number of amides is 2. The van der Waals surface area contributed by atoms with Crippen LogP contribution in [0.5, 0.6) is 0 Å². The second-order valence-electron chi connectivity index (χ2n) is 18.6. The first-order valence-corrected chi connectivity index (χ1v) is 30.6. The van der Waals surface area contributed by atoms with Crippen LogP contribution in [0.2, 0.25) is 25.7 Å². The number of aryl methyl sites for hydroxylation is 4. The van der Waals surface area contributed by atoms with Crippen LogP contribution < -0.4 is 26.6 Å². The summed E-state index contributed by atoms with van der Waals surface area (Å²) in [5, 5.41) is 25.0. The molecular formula is C44H67ClN12O7S2Si. The summed E-state index contributed by atoms with van der Waals surface area (Å²) in [6, 6.07) is 5.72. The van der Waals surface area contributed by atoms with E-state index in [0.29, 0.717) is 19.1 Å². The molecule has 0 unspecified atom stereocenters. The largest absolute Gasteiger partial charge is 0.359 e. The Balaban J connectivity index is 0.000000191. The quantitative estimate of drug-likeness (QED) is 0.0443. The van der Waals surface area contributed by atoms with E-state index in [1.54, 1.807) is 0 Å². The summed E-state index contributed by atoms with van der Waals surface area (Å²) in [7, 11) is -0.249. The zero-order valence-corrected chi connectivity index (χ0v) is 43.2. The van der Waals surface area contributed by atoms with Crippen LogP contribution in [0.25, 0.3) is 0 Å². The lowest BCUT2D eigenvalue weighted by molar-refractivity contribution is -0.119. The van der Waals surface area contributed by atoms with E-state index in [2.05, 4.69) is 83.6 Å². The molecule has 2 aromatic heterocycles. The van der Waals surface area contributed by atoms with Crippen LogP contribution in [0.1, 0.15) is 84.0 Å². The van der Waals surface area contributed by atoms with E-state index in [-0.39, 0.29) is 42.7 Å². The molecule has 2 amide bonds. The Morgan fingerprint density at radius 2 is 1.28 bits per heavy atom. The van der Waals surface area contributed by atoms with Gasteiger partial charge < -0.3 is 31.3 Å². The van der Waals surface area contributed by atoms with Gasteiger partial charge in [0.15, 0.2) is 0 Å². The van der Waals surface area contributed by atoms with E-state index >= 15 is 0 Å². The minimum absolute atomic E-state index is 0.0280. The number of hydrogen-bond donors (Lipinski definition) is 6. The fourth-order valence-electron chi connectivity index (χ4n) is 8.73. The van der Waals surface area contributed by atoms with Crippen LogP contribution >= 0.6 is 10.7 Å². The summed E-state index contributed by atoms with van der Waals surface area (Å²) < 4.78 is 57.5. The van der Waals surface area contributed by atoms with Crippen LogP contribution in [0.3, 0.4) is 0 Å². The normalized spacial score (nSPS) is 14.9. The maximum Gasteiger partial charge on any atom is 0.298 e. The standard InChI is InChI=1S/C20H29ClN4O3SSi.C19H26N6O3S.C5H12N2O/c1-30(2,3)11-10-28-13-25-19(23-20(24-25)29(21,26)27)22-18-16-8-4-6-14(16)12-15-7-5-9-17(15)18;1-12(26)20-9-10-25(2)29(27,28)19-22-18(23-24-19)21-17-15-7-3-5-13(15)11-14-6-4-8-16(14)17;1-5(8)7-4-3-6-2/h12H,4-11,13H2,1-3H3,(H,22,23,24);11H,3-10H2,1-2H3,(H,20,26)(H2,21,22,23,24);6H,3-4H2,1-2H3,(H,7,8). The molecule has 67 heavy (non-hydrogen) atoms. The number of fused-ring (bicyclic) bond motifs is 4. The Labute approximate surface area is 400 Å². The number of halogens is 1. The lowest BCUT2D eigenvalue weighted by atomic mass is 9.99. The van der Waals surface area contributed by atoms with Gasteiger partial charge in [-0.15, -0.1) is 10.2 Å². The molecule has 0 aliphatic heterocycles. The zero-order valence-electron chi connectivity index (χ0n) is 39.8. The van der Waals surface area contributed by atoms with E-state index in [0.717, 1.165) is 105 Å². The number of anilines is 4. The summed E-state index contributed by atoms with van der Waals surface area (Å²) in [4.78, 5) is 29.5. The van der Waals surface area contributed by atoms with Gasteiger partial charge in [0, 0.05) is 83.8 Å². The van der Waals surface area contributed by atoms with E-state index in [1.165, 1.54) is 70.1 Å². The highest BCUT2D eigenvalue weighted by Gasteiger charge is 2.29. The summed E-state index contributed by atoms with van der Waals surface area (Å²) in [5.74, 6) is 0.440. The summed E-state index contributed by atoms with van der Waals surface area (Å²) in [5.41, 5.74) is 13.0. The van der Waals surface area contributed by atoms with Gasteiger partial charge in [0.2, 0.25) is 23.7 Å². The predicted octanol–water partition coefficient (Wildman–Crippen LogP) is 4.86. The van der Waals surface area contributed by atoms with Gasteiger partial charge in [0.1, 0.15) is 6.73 Å². The van der Waals surface area contributed by atoms with Gasteiger partial charge >= 0.3 is 0 Å². The highest BCUT2D eigenvalue weighted by molar-refractivity contribution is 8.13. The highest BCUT2D eigenvalue weighted by Crippen LogP contribution is 2.41. The van der Waals surface area contributed by atoms with Crippen molar-refractivity contribution in [3.8, 4) is 0 Å². The van der Waals surface area contributed by atoms with E-state index in [1.807, 2.05) is 7.05 Å². The molecule has 0 fully saturated rings. The van der Waals surface area contributed by atoms with Gasteiger partial charge in [0.25, 0.3) is 29.4 Å². The van der Waals surface area contributed by atoms with Crippen molar-refractivity contribution in [2.75, 3.05) is 57.5 Å². The molecule has 4 aromatic rings. The summed E-state index contributed by atoms with van der Waals surface area (Å²) in [6.45, 7) is 12.4. The molecule has 368 valence electrons. The third-order valence-electron chi connectivity index (χ3n) is 12.2. The predicted molar refractivity (Wildman–Crippen MR) is 262 cm³/mol. The minimum Gasteiger partial charge on any atom is -0.359 e. The molecule has 2 aromatic carbocycles. The van der Waals surface area contributed by atoms with E-state index in [9.17, 15) is 26.4 Å². The average molecular weight is 1000 g/mol. The topological polar surface area (TPSA) is 247 Å². The van der Waals surface area contributed by atoms with E-state index in [4.69, 9.17) is 15.4 Å². The number of nitrogens with zero attached hydrogens (tertiary/aromatic N) is 6. The third kappa shape index (κ3) is 13.8. The van der Waals surface area contributed by atoms with Crippen LogP contribution in [0, 0.1) is 0 Å². The Morgan fingerprint density at radius 1 is 0.776 bits per heavy atom. The second-order valence-corrected chi connectivity index (χ2v) is 28.6. The fraction of sp³-hybridized carbons (Fsp3) is 0.591. The number of H-pyrrole nitrogens is 1. The molecule has 0 spiro atoms. The van der Waals surface area contributed by atoms with Crippen molar-refractivity contribution < 1.29 is 31.2 Å². The van der Waals surface area contributed by atoms with Gasteiger partial charge in [-0.1, -0.05) is 31.8 Å². The number of ether oxygens (including phenoxy) is 1. The van der Waals surface area contributed by atoms with Crippen molar-refractivity contribution in [2.24, 2.45) is 0 Å². The lowest BCUT2D eigenvalue weighted by Gasteiger charge is -2.18. The molecule has 2 heterocycles. The molecule has 0 atom stereocenters. The molecule has 0 saturated carbocycles. The number of carbonyl (C=O) groups is 2. The lowest BCUT2D eigenvalue weighted by Crippen LogP contribution is -2.35. The van der Waals surface area contributed by atoms with Gasteiger partial charge in [0.05, 0.1) is 0 Å².